The van der Waals surface area contributed by atoms with Gasteiger partial charge in [0.05, 0.1) is 6.20 Å². The average Bonchev–Trinajstić information content (AvgIpc) is 2.14. The summed E-state index contributed by atoms with van der Waals surface area (Å²) in [6.07, 6.45) is 3.35. The van der Waals surface area contributed by atoms with Gasteiger partial charge in [-0.15, -0.1) is 7.05 Å². The van der Waals surface area contributed by atoms with Gasteiger partial charge in [-0.25, -0.2) is 0 Å². The van der Waals surface area contributed by atoms with E-state index in [0.717, 1.165) is 0 Å². The standard InChI is InChI=1S/C5H5N3/c1-8-3-2-5(4-6)7-8/h2-3,8H,1H2. The van der Waals surface area contributed by atoms with E-state index < -0.39 is 0 Å². The van der Waals surface area contributed by atoms with Crippen LogP contribution in [-0.4, -0.2) is 5.71 Å². The average molecular weight is 107 g/mol. The minimum Gasteiger partial charge on any atom is -0.311 e. The van der Waals surface area contributed by atoms with Gasteiger partial charge in [0.25, 0.3) is 0 Å². The van der Waals surface area contributed by atoms with Crippen LogP contribution in [0.4, 0.5) is 0 Å². The highest BCUT2D eigenvalue weighted by molar-refractivity contribution is 6.07. The van der Waals surface area contributed by atoms with Gasteiger partial charge < -0.3 is 5.01 Å². The second kappa shape index (κ2) is 1.76. The molecule has 0 aromatic carbocycles. The highest BCUT2D eigenvalue weighted by Crippen LogP contribution is 1.78. The monoisotopic (exact) mass is 107 g/mol. The van der Waals surface area contributed by atoms with E-state index in [9.17, 15) is 0 Å². The zero-order chi connectivity index (χ0) is 5.98. The lowest BCUT2D eigenvalue weighted by Crippen LogP contribution is -2.95. The van der Waals surface area contributed by atoms with Crippen molar-refractivity contribution in [1.29, 1.82) is 5.26 Å². The van der Waals surface area contributed by atoms with Gasteiger partial charge in [-0.05, 0) is 0 Å². The summed E-state index contributed by atoms with van der Waals surface area (Å²) in [7, 11) is 3.53. The molecule has 1 unspecified atom stereocenters. The molecule has 0 saturated carbocycles. The van der Waals surface area contributed by atoms with Crippen molar-refractivity contribution in [3.8, 4) is 6.07 Å². The van der Waals surface area contributed by atoms with Crippen molar-refractivity contribution >= 4 is 5.71 Å². The number of nitrogens with zero attached hydrogens (tertiary/aromatic N) is 2. The van der Waals surface area contributed by atoms with Gasteiger partial charge in [0, 0.05) is 6.08 Å². The number of hydrogen-bond acceptors (Lipinski definition) is 2. The Kier molecular flexibility index (Phi) is 1.10. The molecule has 3 nitrogen and oxygen atoms in total. The molecule has 0 spiro atoms. The fourth-order valence-corrected chi connectivity index (χ4v) is 0.467. The molecule has 1 rings (SSSR count). The molecule has 40 valence electrons. The molecule has 1 N–H and O–H groups in total. The molecule has 0 fully saturated rings. The first-order chi connectivity index (χ1) is 3.83. The zero-order valence-corrected chi connectivity index (χ0v) is 4.26. The first-order valence-corrected chi connectivity index (χ1v) is 2.19. The minimum atomic E-state index is 0.440. The minimum absolute atomic E-state index is 0.440. The van der Waals surface area contributed by atoms with Gasteiger partial charge in [0.15, 0.2) is 5.71 Å². The van der Waals surface area contributed by atoms with Crippen LogP contribution in [0.3, 0.4) is 0 Å². The predicted molar refractivity (Wildman–Crippen MR) is 28.5 cm³/mol. The Labute approximate surface area is 47.5 Å². The highest BCUT2D eigenvalue weighted by atomic mass is 15.4. The molecule has 8 heavy (non-hydrogen) atoms. The second-order valence-electron chi connectivity index (χ2n) is 1.43. The normalized spacial score (nSPS) is 25.0. The third kappa shape index (κ3) is 0.745. The van der Waals surface area contributed by atoms with Crippen LogP contribution < -0.4 is 5.01 Å². The fraction of sp³-hybridized carbons (Fsp3) is 0. The molecular weight excluding hydrogens is 102 g/mol. The van der Waals surface area contributed by atoms with Gasteiger partial charge in [-0.3, -0.25) is 0 Å². The SMILES string of the molecule is [CH2-][NH+]1C=CC(C#N)=N1. The lowest BCUT2D eigenvalue weighted by atomic mass is 10.4. The largest absolute Gasteiger partial charge is 0.311 e. The maximum atomic E-state index is 8.21. The van der Waals surface area contributed by atoms with Gasteiger partial charge in [0.2, 0.25) is 0 Å². The van der Waals surface area contributed by atoms with Gasteiger partial charge in [-0.2, -0.15) is 5.26 Å². The van der Waals surface area contributed by atoms with E-state index in [1.807, 2.05) is 6.07 Å². The number of quaternary nitrogens is 1. The van der Waals surface area contributed by atoms with Crippen LogP contribution in [-0.2, 0) is 0 Å². The summed E-state index contributed by atoms with van der Waals surface area (Å²) in [6, 6.07) is 1.90. The topological polar surface area (TPSA) is 40.6 Å². The van der Waals surface area contributed by atoms with Crippen LogP contribution >= 0.6 is 0 Å². The molecule has 1 aliphatic rings. The first kappa shape index (κ1) is 5.01. The van der Waals surface area contributed by atoms with E-state index in [-0.39, 0.29) is 0 Å². The molecule has 0 aliphatic carbocycles. The van der Waals surface area contributed by atoms with Crippen LogP contribution in [0.5, 0.6) is 0 Å². The summed E-state index contributed by atoms with van der Waals surface area (Å²) in [6.45, 7) is 0. The number of rotatable bonds is 0. The summed E-state index contributed by atoms with van der Waals surface area (Å²) < 4.78 is 0. The molecule has 0 amide bonds. The van der Waals surface area contributed by atoms with Crippen molar-refractivity contribution in [2.45, 2.75) is 0 Å². The summed E-state index contributed by atoms with van der Waals surface area (Å²) in [4.78, 5) is 0. The zero-order valence-electron chi connectivity index (χ0n) is 4.26. The van der Waals surface area contributed by atoms with Crippen LogP contribution in [0.2, 0.25) is 0 Å². The quantitative estimate of drug-likeness (QED) is 0.399. The van der Waals surface area contributed by atoms with Crippen LogP contribution in [0.1, 0.15) is 0 Å². The Hall–Kier alpha value is -1.14. The van der Waals surface area contributed by atoms with Crippen molar-refractivity contribution in [3.63, 3.8) is 0 Å². The van der Waals surface area contributed by atoms with E-state index >= 15 is 0 Å². The molecule has 3 heteroatoms. The number of allylic oxidation sites excluding steroid dienone is 1. The Balaban J connectivity index is 2.77. The lowest BCUT2D eigenvalue weighted by molar-refractivity contribution is -0.801. The Morgan fingerprint density at radius 1 is 1.88 bits per heavy atom. The van der Waals surface area contributed by atoms with Crippen molar-refractivity contribution < 1.29 is 5.01 Å². The molecule has 1 heterocycles. The van der Waals surface area contributed by atoms with E-state index in [1.54, 1.807) is 12.3 Å². The Morgan fingerprint density at radius 2 is 2.62 bits per heavy atom. The Bertz CT molecular complexity index is 184. The predicted octanol–water partition coefficient (Wildman–Crippen LogP) is -0.930. The molecule has 0 aromatic heterocycles. The summed E-state index contributed by atoms with van der Waals surface area (Å²) in [5, 5.41) is 12.6. The van der Waals surface area contributed by atoms with Crippen molar-refractivity contribution in [2.75, 3.05) is 0 Å². The highest BCUT2D eigenvalue weighted by Gasteiger charge is 2.01. The van der Waals surface area contributed by atoms with Gasteiger partial charge in [-0.1, -0.05) is 5.10 Å². The summed E-state index contributed by atoms with van der Waals surface area (Å²) in [5.41, 5.74) is 0.440. The third-order valence-corrected chi connectivity index (χ3v) is 0.812. The summed E-state index contributed by atoms with van der Waals surface area (Å²) in [5.74, 6) is 0. The molecule has 1 atom stereocenters. The van der Waals surface area contributed by atoms with E-state index in [2.05, 4.69) is 12.1 Å². The number of nitriles is 1. The van der Waals surface area contributed by atoms with E-state index in [4.69, 9.17) is 5.26 Å². The van der Waals surface area contributed by atoms with E-state index in [1.165, 1.54) is 0 Å². The summed E-state index contributed by atoms with van der Waals surface area (Å²) >= 11 is 0. The molecule has 0 saturated heterocycles. The van der Waals surface area contributed by atoms with Crippen molar-refractivity contribution in [1.82, 2.24) is 0 Å². The van der Waals surface area contributed by atoms with Crippen LogP contribution in [0.25, 0.3) is 0 Å². The Morgan fingerprint density at radius 3 is 2.88 bits per heavy atom. The van der Waals surface area contributed by atoms with E-state index in [0.29, 0.717) is 10.7 Å². The number of hydrogen-bond donors (Lipinski definition) is 1. The van der Waals surface area contributed by atoms with Gasteiger partial charge in [0.1, 0.15) is 6.07 Å². The first-order valence-electron chi connectivity index (χ1n) is 2.19. The van der Waals surface area contributed by atoms with Crippen LogP contribution in [0, 0.1) is 18.4 Å². The van der Waals surface area contributed by atoms with Gasteiger partial charge >= 0.3 is 0 Å². The lowest BCUT2D eigenvalue weighted by Gasteiger charge is -1.97. The fourth-order valence-electron chi connectivity index (χ4n) is 0.467. The maximum absolute atomic E-state index is 8.21. The third-order valence-electron chi connectivity index (χ3n) is 0.812. The van der Waals surface area contributed by atoms with Crippen molar-refractivity contribution in [3.05, 3.63) is 19.3 Å². The molecule has 0 bridgehead atoms. The maximum Gasteiger partial charge on any atom is 0.198 e. The smallest absolute Gasteiger partial charge is 0.198 e. The molecule has 0 aromatic rings. The number of nitrogens with one attached hydrogen (secondary N) is 1. The van der Waals surface area contributed by atoms with Crippen molar-refractivity contribution in [2.24, 2.45) is 5.10 Å². The molecule has 1 aliphatic heterocycles. The second-order valence-corrected chi connectivity index (χ2v) is 1.43. The molecule has 0 radical (unpaired) electrons. The molecular formula is C5H5N3. The van der Waals surface area contributed by atoms with Crippen LogP contribution in [0.15, 0.2) is 17.4 Å².